The summed E-state index contributed by atoms with van der Waals surface area (Å²) in [7, 11) is 0. The van der Waals surface area contributed by atoms with E-state index in [1.54, 1.807) is 0 Å². The maximum atomic E-state index is 11.8. The van der Waals surface area contributed by atoms with E-state index in [0.717, 1.165) is 9.13 Å². The zero-order valence-corrected chi connectivity index (χ0v) is 11.4. The Morgan fingerprint density at radius 1 is 1.29 bits per heavy atom. The van der Waals surface area contributed by atoms with Crippen LogP contribution in [0.2, 0.25) is 0 Å². The normalized spacial score (nSPS) is 20.8. The predicted molar refractivity (Wildman–Crippen MR) is 71.9 cm³/mol. The molecule has 0 spiro atoms. The topological polar surface area (TPSA) is 63.4 Å². The van der Waals surface area contributed by atoms with Crippen molar-refractivity contribution in [3.05, 3.63) is 33.4 Å². The lowest BCUT2D eigenvalue weighted by Gasteiger charge is -2.28. The van der Waals surface area contributed by atoms with Gasteiger partial charge >= 0.3 is 0 Å². The monoisotopic (exact) mass is 344 g/mol. The maximum Gasteiger partial charge on any atom is 0.246 e. The van der Waals surface area contributed by atoms with Gasteiger partial charge in [0.05, 0.1) is 12.6 Å². The van der Waals surface area contributed by atoms with E-state index in [1.165, 1.54) is 4.90 Å². The third-order valence-corrected chi connectivity index (χ3v) is 3.53. The fourth-order valence-corrected chi connectivity index (χ4v) is 2.16. The van der Waals surface area contributed by atoms with Crippen molar-refractivity contribution in [2.75, 3.05) is 0 Å². The number of imide groups is 1. The third-order valence-electron chi connectivity index (χ3n) is 2.81. The van der Waals surface area contributed by atoms with Crippen LogP contribution < -0.4 is 5.73 Å². The lowest BCUT2D eigenvalue weighted by Crippen LogP contribution is -2.50. The number of halogens is 1. The van der Waals surface area contributed by atoms with Gasteiger partial charge in [0.25, 0.3) is 0 Å². The van der Waals surface area contributed by atoms with Crippen molar-refractivity contribution in [1.29, 1.82) is 0 Å². The lowest BCUT2D eigenvalue weighted by atomic mass is 10.0. The van der Waals surface area contributed by atoms with Crippen molar-refractivity contribution >= 4 is 34.4 Å². The Labute approximate surface area is 113 Å². The first-order valence-corrected chi connectivity index (χ1v) is 6.50. The first kappa shape index (κ1) is 12.5. The standard InChI is InChI=1S/C12H13IN2O2/c13-9-3-1-8(2-4-9)7-15-11(16)6-5-10(14)12(15)17/h1-4,10H,5-7,14H2. The molecule has 2 rings (SSSR count). The number of piperidine rings is 1. The molecule has 1 aromatic carbocycles. The first-order valence-electron chi connectivity index (χ1n) is 5.42. The van der Waals surface area contributed by atoms with Crippen LogP contribution in [-0.2, 0) is 16.1 Å². The Balaban J connectivity index is 2.13. The summed E-state index contributed by atoms with van der Waals surface area (Å²) < 4.78 is 1.12. The Morgan fingerprint density at radius 2 is 1.94 bits per heavy atom. The van der Waals surface area contributed by atoms with Gasteiger partial charge in [-0.25, -0.2) is 0 Å². The molecule has 1 heterocycles. The molecule has 1 atom stereocenters. The molecule has 1 unspecified atom stereocenters. The van der Waals surface area contributed by atoms with Gasteiger partial charge in [0.15, 0.2) is 0 Å². The molecule has 0 aromatic heterocycles. The number of nitrogens with two attached hydrogens (primary N) is 1. The van der Waals surface area contributed by atoms with E-state index >= 15 is 0 Å². The van der Waals surface area contributed by atoms with Crippen molar-refractivity contribution < 1.29 is 9.59 Å². The van der Waals surface area contributed by atoms with E-state index in [0.29, 0.717) is 19.4 Å². The molecule has 1 aromatic rings. The van der Waals surface area contributed by atoms with Crippen LogP contribution in [0.4, 0.5) is 0 Å². The summed E-state index contributed by atoms with van der Waals surface area (Å²) in [5.74, 6) is -0.393. The minimum Gasteiger partial charge on any atom is -0.320 e. The van der Waals surface area contributed by atoms with Crippen LogP contribution in [0, 0.1) is 3.57 Å². The molecule has 0 saturated carbocycles. The molecule has 1 aliphatic heterocycles. The summed E-state index contributed by atoms with van der Waals surface area (Å²) in [6, 6.07) is 7.21. The van der Waals surface area contributed by atoms with E-state index in [-0.39, 0.29) is 11.8 Å². The SMILES string of the molecule is NC1CCC(=O)N(Cc2ccc(I)cc2)C1=O. The van der Waals surface area contributed by atoms with Crippen LogP contribution in [0.15, 0.2) is 24.3 Å². The number of likely N-dealkylation sites (tertiary alicyclic amines) is 1. The van der Waals surface area contributed by atoms with E-state index in [2.05, 4.69) is 22.6 Å². The zero-order valence-electron chi connectivity index (χ0n) is 9.23. The molecule has 0 radical (unpaired) electrons. The van der Waals surface area contributed by atoms with Gasteiger partial charge in [-0.2, -0.15) is 0 Å². The van der Waals surface area contributed by atoms with E-state index in [1.807, 2.05) is 24.3 Å². The predicted octanol–water partition coefficient (Wildman–Crippen LogP) is 1.27. The van der Waals surface area contributed by atoms with Crippen LogP contribution in [0.1, 0.15) is 18.4 Å². The molecular formula is C12H13IN2O2. The lowest BCUT2D eigenvalue weighted by molar-refractivity contribution is -0.149. The second-order valence-corrected chi connectivity index (χ2v) is 5.34. The molecule has 1 saturated heterocycles. The van der Waals surface area contributed by atoms with Crippen LogP contribution in [-0.4, -0.2) is 22.8 Å². The van der Waals surface area contributed by atoms with Crippen LogP contribution in [0.3, 0.4) is 0 Å². The van der Waals surface area contributed by atoms with Crippen molar-refractivity contribution in [1.82, 2.24) is 4.90 Å². The molecule has 1 aliphatic rings. The number of amides is 2. The summed E-state index contributed by atoms with van der Waals surface area (Å²) in [5.41, 5.74) is 6.61. The molecule has 0 aliphatic carbocycles. The summed E-state index contributed by atoms with van der Waals surface area (Å²) in [6.07, 6.45) is 0.818. The third kappa shape index (κ3) is 2.84. The second-order valence-electron chi connectivity index (χ2n) is 4.09. The highest BCUT2D eigenvalue weighted by Gasteiger charge is 2.31. The Kier molecular flexibility index (Phi) is 3.78. The molecule has 17 heavy (non-hydrogen) atoms. The highest BCUT2D eigenvalue weighted by atomic mass is 127. The molecule has 2 amide bonds. The first-order chi connectivity index (χ1) is 8.08. The number of carbonyl (C=O) groups excluding carboxylic acids is 2. The van der Waals surface area contributed by atoms with Gasteiger partial charge in [0.2, 0.25) is 11.8 Å². The number of carbonyl (C=O) groups is 2. The van der Waals surface area contributed by atoms with Gasteiger partial charge < -0.3 is 5.73 Å². The average molecular weight is 344 g/mol. The van der Waals surface area contributed by atoms with Crippen molar-refractivity contribution in [3.63, 3.8) is 0 Å². The van der Waals surface area contributed by atoms with E-state index < -0.39 is 6.04 Å². The molecular weight excluding hydrogens is 331 g/mol. The maximum absolute atomic E-state index is 11.8. The highest BCUT2D eigenvalue weighted by molar-refractivity contribution is 14.1. The fraction of sp³-hybridized carbons (Fsp3) is 0.333. The Morgan fingerprint density at radius 3 is 2.59 bits per heavy atom. The Hall–Kier alpha value is -0.950. The van der Waals surface area contributed by atoms with Gasteiger partial charge in [-0.05, 0) is 46.7 Å². The van der Waals surface area contributed by atoms with Crippen molar-refractivity contribution in [3.8, 4) is 0 Å². The zero-order chi connectivity index (χ0) is 12.4. The summed E-state index contributed by atoms with van der Waals surface area (Å²) in [5, 5.41) is 0. The van der Waals surface area contributed by atoms with Crippen LogP contribution >= 0.6 is 22.6 Å². The number of nitrogens with zero attached hydrogens (tertiary/aromatic N) is 1. The number of benzene rings is 1. The van der Waals surface area contributed by atoms with Gasteiger partial charge in [-0.15, -0.1) is 0 Å². The van der Waals surface area contributed by atoms with Crippen molar-refractivity contribution in [2.45, 2.75) is 25.4 Å². The van der Waals surface area contributed by atoms with Crippen molar-refractivity contribution in [2.24, 2.45) is 5.73 Å². The molecule has 90 valence electrons. The van der Waals surface area contributed by atoms with E-state index in [4.69, 9.17) is 5.73 Å². The summed E-state index contributed by atoms with van der Waals surface area (Å²) in [4.78, 5) is 24.7. The summed E-state index contributed by atoms with van der Waals surface area (Å²) in [6.45, 7) is 0.322. The van der Waals surface area contributed by atoms with Gasteiger partial charge in [-0.3, -0.25) is 14.5 Å². The minimum absolute atomic E-state index is 0.129. The van der Waals surface area contributed by atoms with Gasteiger partial charge in [0, 0.05) is 9.99 Å². The Bertz CT molecular complexity index is 444. The minimum atomic E-state index is -0.531. The number of hydrogen-bond acceptors (Lipinski definition) is 3. The smallest absolute Gasteiger partial charge is 0.246 e. The number of rotatable bonds is 2. The molecule has 1 fully saturated rings. The molecule has 4 nitrogen and oxygen atoms in total. The quantitative estimate of drug-likeness (QED) is 0.649. The highest BCUT2D eigenvalue weighted by Crippen LogP contribution is 2.16. The van der Waals surface area contributed by atoms with Gasteiger partial charge in [0.1, 0.15) is 0 Å². The van der Waals surface area contributed by atoms with Crippen LogP contribution in [0.25, 0.3) is 0 Å². The fourth-order valence-electron chi connectivity index (χ4n) is 1.80. The molecule has 2 N–H and O–H groups in total. The largest absolute Gasteiger partial charge is 0.320 e. The number of hydrogen-bond donors (Lipinski definition) is 1. The van der Waals surface area contributed by atoms with Crippen LogP contribution in [0.5, 0.6) is 0 Å². The molecule has 5 heteroatoms. The molecule has 0 bridgehead atoms. The van der Waals surface area contributed by atoms with E-state index in [9.17, 15) is 9.59 Å². The average Bonchev–Trinajstić information content (AvgIpc) is 2.32. The summed E-state index contributed by atoms with van der Waals surface area (Å²) >= 11 is 2.21. The second kappa shape index (κ2) is 5.14. The van der Waals surface area contributed by atoms with Gasteiger partial charge in [-0.1, -0.05) is 12.1 Å².